The van der Waals surface area contributed by atoms with E-state index in [-0.39, 0.29) is 83.7 Å². The molecule has 1 amide bonds. The first kappa shape index (κ1) is 25.5. The summed E-state index contributed by atoms with van der Waals surface area (Å²) in [5, 5.41) is 10.2. The lowest BCUT2D eigenvalue weighted by molar-refractivity contribution is -0.134. The van der Waals surface area contributed by atoms with Gasteiger partial charge in [-0.25, -0.2) is 8.78 Å². The molecule has 2 saturated heterocycles. The molecule has 12 heteroatoms. The molecule has 8 nitrogen and oxygen atoms in total. The molecular formula is C27H22ClF2N5O3S. The Morgan fingerprint density at radius 3 is 2.62 bits per heavy atom. The molecule has 4 heterocycles. The van der Waals surface area contributed by atoms with E-state index >= 15 is 4.39 Å². The standard InChI is InChI=1S/C27H22ClF2N5O3S/c1-11(36)35-12-3-4-13(35)8-14(7-12)38-26-16-9-18(28)21(22(30)23(16)33-27(34-26)37-2)15-5-6-19(29)24-20(15)17(10-31)25(32)39-24/h5-6,9,12-14H,3-4,7-8,32H2,1-2H3/t12-,13+,14?. The fourth-order valence-corrected chi connectivity index (χ4v) is 7.22. The number of halogens is 3. The minimum Gasteiger partial charge on any atom is -0.474 e. The molecule has 2 N–H and O–H groups in total. The van der Waals surface area contributed by atoms with Crippen molar-refractivity contribution in [2.75, 3.05) is 12.8 Å². The zero-order valence-corrected chi connectivity index (χ0v) is 22.5. The van der Waals surface area contributed by atoms with Crippen molar-refractivity contribution in [1.29, 1.82) is 5.26 Å². The average molecular weight is 570 g/mol. The number of nitrogens with zero attached hydrogens (tertiary/aromatic N) is 4. The number of hydrogen-bond acceptors (Lipinski definition) is 8. The first-order valence-electron chi connectivity index (χ1n) is 12.3. The molecule has 2 aromatic heterocycles. The molecular weight excluding hydrogens is 548 g/mol. The van der Waals surface area contributed by atoms with E-state index in [1.165, 1.54) is 25.3 Å². The number of carbonyl (C=O) groups excluding carboxylic acids is 1. The number of fused-ring (bicyclic) bond motifs is 4. The molecule has 2 fully saturated rings. The van der Waals surface area contributed by atoms with Gasteiger partial charge in [0.15, 0.2) is 5.82 Å². The summed E-state index contributed by atoms with van der Waals surface area (Å²) >= 11 is 7.57. The first-order chi connectivity index (χ1) is 18.7. The van der Waals surface area contributed by atoms with Crippen molar-refractivity contribution < 1.29 is 23.0 Å². The van der Waals surface area contributed by atoms with Crippen LogP contribution in [0.5, 0.6) is 11.9 Å². The number of amides is 1. The highest BCUT2D eigenvalue weighted by molar-refractivity contribution is 7.23. The van der Waals surface area contributed by atoms with E-state index in [4.69, 9.17) is 26.8 Å². The zero-order chi connectivity index (χ0) is 27.6. The van der Waals surface area contributed by atoms with Crippen LogP contribution in [-0.4, -0.2) is 46.1 Å². The molecule has 0 aliphatic carbocycles. The van der Waals surface area contributed by atoms with Crippen LogP contribution in [0.2, 0.25) is 5.02 Å². The van der Waals surface area contributed by atoms with E-state index in [2.05, 4.69) is 9.97 Å². The maximum atomic E-state index is 16.3. The summed E-state index contributed by atoms with van der Waals surface area (Å²) in [5.74, 6) is -1.20. The van der Waals surface area contributed by atoms with Crippen LogP contribution in [0.1, 0.15) is 38.2 Å². The summed E-state index contributed by atoms with van der Waals surface area (Å²) in [6, 6.07) is 6.11. The second kappa shape index (κ2) is 9.47. The Hall–Kier alpha value is -3.75. The molecule has 0 radical (unpaired) electrons. The Kier molecular flexibility index (Phi) is 6.19. The smallest absolute Gasteiger partial charge is 0.320 e. The topological polar surface area (TPSA) is 114 Å². The van der Waals surface area contributed by atoms with Gasteiger partial charge in [0.2, 0.25) is 11.8 Å². The number of benzene rings is 2. The van der Waals surface area contributed by atoms with Crippen LogP contribution in [-0.2, 0) is 4.79 Å². The Morgan fingerprint density at radius 1 is 1.26 bits per heavy atom. The van der Waals surface area contributed by atoms with Gasteiger partial charge in [0.25, 0.3) is 0 Å². The van der Waals surface area contributed by atoms with Gasteiger partial charge in [-0.1, -0.05) is 17.7 Å². The molecule has 2 aliphatic rings. The molecule has 4 aromatic rings. The largest absolute Gasteiger partial charge is 0.474 e. The van der Waals surface area contributed by atoms with Gasteiger partial charge in [0.1, 0.15) is 28.5 Å². The predicted octanol–water partition coefficient (Wildman–Crippen LogP) is 5.83. The van der Waals surface area contributed by atoms with Gasteiger partial charge >= 0.3 is 6.01 Å². The van der Waals surface area contributed by atoms with Crippen LogP contribution >= 0.6 is 22.9 Å². The van der Waals surface area contributed by atoms with Crippen molar-refractivity contribution in [3.8, 4) is 29.1 Å². The average Bonchev–Trinajstić information content (AvgIpc) is 3.39. The maximum absolute atomic E-state index is 16.3. The van der Waals surface area contributed by atoms with Crippen molar-refractivity contribution in [3.05, 3.63) is 40.4 Å². The summed E-state index contributed by atoms with van der Waals surface area (Å²) in [5.41, 5.74) is 6.09. The summed E-state index contributed by atoms with van der Waals surface area (Å²) in [6.07, 6.45) is 2.83. The highest BCUT2D eigenvalue weighted by Crippen LogP contribution is 2.46. The number of nitrogen functional groups attached to an aromatic ring is 1. The van der Waals surface area contributed by atoms with Crippen LogP contribution in [0.15, 0.2) is 18.2 Å². The highest BCUT2D eigenvalue weighted by Gasteiger charge is 2.43. The number of carbonyl (C=O) groups is 1. The minimum atomic E-state index is -0.795. The first-order valence-corrected chi connectivity index (χ1v) is 13.5. The summed E-state index contributed by atoms with van der Waals surface area (Å²) in [6.45, 7) is 1.58. The number of methoxy groups -OCH3 is 1. The van der Waals surface area contributed by atoms with E-state index in [1.807, 2.05) is 11.0 Å². The van der Waals surface area contributed by atoms with Crippen molar-refractivity contribution in [1.82, 2.24) is 14.9 Å². The van der Waals surface area contributed by atoms with Crippen LogP contribution in [0.4, 0.5) is 13.8 Å². The lowest BCUT2D eigenvalue weighted by Crippen LogP contribution is -2.48. The maximum Gasteiger partial charge on any atom is 0.320 e. The molecule has 0 spiro atoms. The predicted molar refractivity (Wildman–Crippen MR) is 144 cm³/mol. The monoisotopic (exact) mass is 569 g/mol. The molecule has 0 saturated carbocycles. The normalized spacial score (nSPS) is 20.4. The molecule has 2 aliphatic heterocycles. The molecule has 2 bridgehead atoms. The van der Waals surface area contributed by atoms with Crippen LogP contribution in [0.3, 0.4) is 0 Å². The van der Waals surface area contributed by atoms with Crippen molar-refractivity contribution >= 4 is 54.8 Å². The van der Waals surface area contributed by atoms with Crippen molar-refractivity contribution in [2.24, 2.45) is 0 Å². The Labute approximate surface area is 230 Å². The second-order valence-electron chi connectivity index (χ2n) is 9.73. The van der Waals surface area contributed by atoms with Crippen molar-refractivity contribution in [3.63, 3.8) is 0 Å². The Morgan fingerprint density at radius 2 is 1.97 bits per heavy atom. The number of aromatic nitrogens is 2. The fraction of sp³-hybridized carbons (Fsp3) is 0.333. The lowest BCUT2D eigenvalue weighted by Gasteiger charge is -2.38. The van der Waals surface area contributed by atoms with Crippen LogP contribution in [0, 0.1) is 23.0 Å². The van der Waals surface area contributed by atoms with E-state index in [9.17, 15) is 14.4 Å². The molecule has 200 valence electrons. The third-order valence-corrected chi connectivity index (χ3v) is 8.87. The summed E-state index contributed by atoms with van der Waals surface area (Å²) < 4.78 is 42.6. The van der Waals surface area contributed by atoms with Crippen molar-refractivity contribution in [2.45, 2.75) is 50.8 Å². The zero-order valence-electron chi connectivity index (χ0n) is 20.9. The number of anilines is 1. The third-order valence-electron chi connectivity index (χ3n) is 7.54. The number of nitriles is 1. The number of nitrogens with two attached hydrogens (primary N) is 1. The molecule has 1 unspecified atom stereocenters. The van der Waals surface area contributed by atoms with Gasteiger partial charge in [-0.15, -0.1) is 11.3 Å². The minimum absolute atomic E-state index is 0.00616. The second-order valence-corrected chi connectivity index (χ2v) is 11.2. The van der Waals surface area contributed by atoms with Crippen LogP contribution in [0.25, 0.3) is 32.1 Å². The number of rotatable bonds is 4. The number of ether oxygens (including phenoxy) is 2. The fourth-order valence-electron chi connectivity index (χ4n) is 5.98. The van der Waals surface area contributed by atoms with E-state index in [0.29, 0.717) is 12.8 Å². The number of hydrogen-bond donors (Lipinski definition) is 1. The Bertz CT molecular complexity index is 1710. The Balaban J connectivity index is 1.48. The highest BCUT2D eigenvalue weighted by atomic mass is 35.5. The molecule has 6 rings (SSSR count). The van der Waals surface area contributed by atoms with Crippen LogP contribution < -0.4 is 15.2 Å². The van der Waals surface area contributed by atoms with Gasteiger partial charge in [-0.3, -0.25) is 4.79 Å². The third kappa shape index (κ3) is 4.01. The summed E-state index contributed by atoms with van der Waals surface area (Å²) in [7, 11) is 1.36. The van der Waals surface area contributed by atoms with Gasteiger partial charge in [0.05, 0.1) is 27.8 Å². The van der Waals surface area contributed by atoms with Gasteiger partial charge in [0, 0.05) is 42.8 Å². The van der Waals surface area contributed by atoms with Gasteiger partial charge in [-0.05, 0) is 30.5 Å². The molecule has 39 heavy (non-hydrogen) atoms. The molecule has 3 atom stereocenters. The number of piperidine rings is 1. The van der Waals surface area contributed by atoms with E-state index < -0.39 is 11.6 Å². The lowest BCUT2D eigenvalue weighted by atomic mass is 9.97. The summed E-state index contributed by atoms with van der Waals surface area (Å²) in [4.78, 5) is 22.6. The SMILES string of the molecule is COc1nc(OC2C[C@H]3CC[C@@H](C2)N3C(C)=O)c2cc(Cl)c(-c3ccc(F)c4sc(N)c(C#N)c34)c(F)c2n1. The molecule has 2 aromatic carbocycles. The number of thiophene rings is 1. The van der Waals surface area contributed by atoms with E-state index in [0.717, 1.165) is 24.2 Å². The van der Waals surface area contributed by atoms with Gasteiger partial charge < -0.3 is 20.1 Å². The quantitative estimate of drug-likeness (QED) is 0.329. The van der Waals surface area contributed by atoms with E-state index in [1.54, 1.807) is 6.92 Å². The van der Waals surface area contributed by atoms with Gasteiger partial charge in [-0.2, -0.15) is 15.2 Å².